The van der Waals surface area contributed by atoms with Gasteiger partial charge in [0.05, 0.1) is 21.9 Å². The molecule has 2 aromatic carbocycles. The summed E-state index contributed by atoms with van der Waals surface area (Å²) in [5, 5.41) is 18.7. The zero-order valence-corrected chi connectivity index (χ0v) is 17.7. The highest BCUT2D eigenvalue weighted by Gasteiger charge is 2.27. The number of aromatic nitrogens is 1. The number of ketones is 1. The lowest BCUT2D eigenvalue weighted by molar-refractivity contribution is -0.120. The Balaban J connectivity index is 2.39. The van der Waals surface area contributed by atoms with E-state index < -0.39 is 5.41 Å². The van der Waals surface area contributed by atoms with E-state index in [9.17, 15) is 14.9 Å². The standard InChI is InChI=1S/C24H19N3O2S/c1-24(2,3)21(28)19(15-26)23-27(18-7-5-4-6-8-18)22(29)20(30-23)13-16-9-11-17(14-25)12-10-16/h4-13H,1-3H3/b20-13-,23-19-. The van der Waals surface area contributed by atoms with Crippen LogP contribution in [0.3, 0.4) is 0 Å². The molecule has 3 rings (SSSR count). The number of carbonyl (C=O) groups is 1. The van der Waals surface area contributed by atoms with E-state index in [0.29, 0.717) is 20.4 Å². The Kier molecular flexibility index (Phi) is 5.82. The largest absolute Gasteiger partial charge is 0.293 e. The highest BCUT2D eigenvalue weighted by atomic mass is 32.1. The van der Waals surface area contributed by atoms with Crippen molar-refractivity contribution in [2.24, 2.45) is 5.41 Å². The molecule has 148 valence electrons. The van der Waals surface area contributed by atoms with E-state index in [0.717, 1.165) is 16.9 Å². The highest BCUT2D eigenvalue weighted by molar-refractivity contribution is 7.07. The van der Waals surface area contributed by atoms with E-state index in [1.807, 2.05) is 12.1 Å². The summed E-state index contributed by atoms with van der Waals surface area (Å²) in [7, 11) is 0. The number of nitrogens with zero attached hydrogens (tertiary/aromatic N) is 3. The maximum Gasteiger partial charge on any atom is 0.273 e. The van der Waals surface area contributed by atoms with Crippen molar-refractivity contribution >= 4 is 28.8 Å². The van der Waals surface area contributed by atoms with E-state index in [2.05, 4.69) is 6.07 Å². The van der Waals surface area contributed by atoms with Gasteiger partial charge in [0.1, 0.15) is 16.3 Å². The molecule has 0 atom stereocenters. The van der Waals surface area contributed by atoms with E-state index in [4.69, 9.17) is 5.26 Å². The maximum absolute atomic E-state index is 13.3. The molecule has 0 bridgehead atoms. The molecule has 0 N–H and O–H groups in total. The molecular weight excluding hydrogens is 394 g/mol. The number of Topliss-reactive ketones (excluding diaryl/α,β-unsaturated/α-hetero) is 1. The summed E-state index contributed by atoms with van der Waals surface area (Å²) >= 11 is 1.11. The summed E-state index contributed by atoms with van der Waals surface area (Å²) in [4.78, 5) is 26.2. The molecule has 0 aliphatic carbocycles. The van der Waals surface area contributed by atoms with Gasteiger partial charge in [0.25, 0.3) is 5.56 Å². The van der Waals surface area contributed by atoms with Crippen molar-refractivity contribution in [3.63, 3.8) is 0 Å². The van der Waals surface area contributed by atoms with Crippen LogP contribution in [0.4, 0.5) is 0 Å². The van der Waals surface area contributed by atoms with E-state index in [1.54, 1.807) is 75.4 Å². The van der Waals surface area contributed by atoms with Crippen LogP contribution in [0, 0.1) is 28.1 Å². The van der Waals surface area contributed by atoms with Crippen LogP contribution >= 0.6 is 11.3 Å². The summed E-state index contributed by atoms with van der Waals surface area (Å²) in [5.74, 6) is -0.319. The van der Waals surface area contributed by atoms with E-state index in [1.165, 1.54) is 4.57 Å². The van der Waals surface area contributed by atoms with Crippen LogP contribution < -0.4 is 14.8 Å². The number of carbonyl (C=O) groups excluding carboxylic acids is 1. The first-order valence-electron chi connectivity index (χ1n) is 9.24. The Labute approximate surface area is 178 Å². The minimum Gasteiger partial charge on any atom is -0.293 e. The van der Waals surface area contributed by atoms with Crippen molar-refractivity contribution in [2.45, 2.75) is 20.8 Å². The number of hydrogen-bond acceptors (Lipinski definition) is 5. The van der Waals surface area contributed by atoms with Crippen molar-refractivity contribution in [3.8, 4) is 17.8 Å². The Hall–Kier alpha value is -3.74. The number of thiazole rings is 1. The fourth-order valence-corrected chi connectivity index (χ4v) is 3.94. The molecular formula is C24H19N3O2S. The third-order valence-corrected chi connectivity index (χ3v) is 5.50. The summed E-state index contributed by atoms with van der Waals surface area (Å²) in [6.45, 7) is 5.24. The van der Waals surface area contributed by atoms with Crippen molar-refractivity contribution in [3.05, 3.63) is 85.3 Å². The lowest BCUT2D eigenvalue weighted by atomic mass is 9.87. The first kappa shape index (κ1) is 21.0. The predicted molar refractivity (Wildman–Crippen MR) is 117 cm³/mol. The van der Waals surface area contributed by atoms with Crippen LogP contribution in [0.1, 0.15) is 31.9 Å². The topological polar surface area (TPSA) is 86.7 Å². The Morgan fingerprint density at radius 2 is 1.67 bits per heavy atom. The summed E-state index contributed by atoms with van der Waals surface area (Å²) < 4.78 is 2.13. The average Bonchev–Trinajstić information content (AvgIpc) is 3.05. The lowest BCUT2D eigenvalue weighted by Crippen LogP contribution is -2.33. The minimum atomic E-state index is -0.760. The smallest absolute Gasteiger partial charge is 0.273 e. The molecule has 0 aliphatic heterocycles. The van der Waals surface area contributed by atoms with Gasteiger partial charge in [0.2, 0.25) is 0 Å². The molecule has 1 heterocycles. The number of hydrogen-bond donors (Lipinski definition) is 0. The van der Waals surface area contributed by atoms with Crippen LogP contribution in [-0.4, -0.2) is 10.4 Å². The second-order valence-electron chi connectivity index (χ2n) is 7.69. The van der Waals surface area contributed by atoms with Crippen molar-refractivity contribution < 1.29 is 4.79 Å². The van der Waals surface area contributed by atoms with Gasteiger partial charge >= 0.3 is 0 Å². The van der Waals surface area contributed by atoms with Gasteiger partial charge in [-0.3, -0.25) is 14.2 Å². The van der Waals surface area contributed by atoms with Crippen molar-refractivity contribution in [1.82, 2.24) is 4.57 Å². The Morgan fingerprint density at radius 3 is 2.20 bits per heavy atom. The van der Waals surface area contributed by atoms with Gasteiger partial charge in [0, 0.05) is 5.41 Å². The Morgan fingerprint density at radius 1 is 1.03 bits per heavy atom. The maximum atomic E-state index is 13.3. The normalized spacial score (nSPS) is 12.8. The predicted octanol–water partition coefficient (Wildman–Crippen LogP) is 2.89. The monoisotopic (exact) mass is 413 g/mol. The molecule has 0 radical (unpaired) electrons. The summed E-state index contributed by atoms with van der Waals surface area (Å²) in [6, 6.07) is 19.9. The zero-order chi connectivity index (χ0) is 21.9. The van der Waals surface area contributed by atoms with Crippen LogP contribution in [0.5, 0.6) is 0 Å². The van der Waals surface area contributed by atoms with Gasteiger partial charge < -0.3 is 0 Å². The highest BCUT2D eigenvalue weighted by Crippen LogP contribution is 2.20. The van der Waals surface area contributed by atoms with Crippen molar-refractivity contribution in [2.75, 3.05) is 0 Å². The van der Waals surface area contributed by atoms with Crippen LogP contribution in [0.2, 0.25) is 0 Å². The number of benzene rings is 2. The van der Waals surface area contributed by atoms with Crippen LogP contribution in [-0.2, 0) is 4.79 Å². The van der Waals surface area contributed by atoms with Gasteiger partial charge in [0.15, 0.2) is 5.78 Å². The van der Waals surface area contributed by atoms with Gasteiger partial charge in [-0.2, -0.15) is 10.5 Å². The van der Waals surface area contributed by atoms with Gasteiger partial charge in [-0.25, -0.2) is 0 Å². The molecule has 3 aromatic rings. The third kappa shape index (κ3) is 4.15. The molecule has 0 fully saturated rings. The van der Waals surface area contributed by atoms with Crippen LogP contribution in [0.25, 0.3) is 17.3 Å². The second-order valence-corrected chi connectivity index (χ2v) is 8.72. The van der Waals surface area contributed by atoms with Crippen LogP contribution in [0.15, 0.2) is 59.4 Å². The van der Waals surface area contributed by atoms with Gasteiger partial charge in [-0.05, 0) is 35.9 Å². The number of nitriles is 2. The second kappa shape index (κ2) is 8.32. The molecule has 0 unspecified atom stereocenters. The molecule has 1 aromatic heterocycles. The third-order valence-electron chi connectivity index (χ3n) is 4.41. The molecule has 30 heavy (non-hydrogen) atoms. The fraction of sp³-hybridized carbons (Fsp3) is 0.167. The average molecular weight is 414 g/mol. The van der Waals surface area contributed by atoms with E-state index >= 15 is 0 Å². The molecule has 0 aliphatic rings. The molecule has 0 spiro atoms. The SMILES string of the molecule is CC(C)(C)C(=O)/C(C#N)=c1\s/c(=C\c2ccc(C#N)cc2)c(=O)n1-c1ccccc1. The van der Waals surface area contributed by atoms with E-state index in [-0.39, 0.29) is 16.9 Å². The zero-order valence-electron chi connectivity index (χ0n) is 16.8. The molecule has 5 nitrogen and oxygen atoms in total. The van der Waals surface area contributed by atoms with Gasteiger partial charge in [-0.15, -0.1) is 11.3 Å². The number of para-hydroxylation sites is 1. The first-order chi connectivity index (χ1) is 14.3. The summed E-state index contributed by atoms with van der Waals surface area (Å²) in [6.07, 6.45) is 1.70. The number of rotatable bonds is 3. The molecule has 6 heteroatoms. The molecule has 0 saturated carbocycles. The first-order valence-corrected chi connectivity index (χ1v) is 10.1. The van der Waals surface area contributed by atoms with Crippen molar-refractivity contribution in [1.29, 1.82) is 10.5 Å². The Bertz CT molecular complexity index is 1360. The lowest BCUT2D eigenvalue weighted by Gasteiger charge is -2.15. The quantitative estimate of drug-likeness (QED) is 0.661. The summed E-state index contributed by atoms with van der Waals surface area (Å²) in [5.41, 5.74) is 0.760. The fourth-order valence-electron chi connectivity index (χ4n) is 2.84. The molecule has 0 amide bonds. The minimum absolute atomic E-state index is 0.0343. The van der Waals surface area contributed by atoms with Gasteiger partial charge in [-0.1, -0.05) is 51.1 Å². The molecule has 0 saturated heterocycles.